The molecule has 0 aromatic heterocycles. The number of fused-ring (bicyclic) bond motifs is 1. The molecular formula is C11H11BrClNO2. The lowest BCUT2D eigenvalue weighted by atomic mass is 10.0. The smallest absolute Gasteiger partial charge is 0.255 e. The number of phenols is 1. The molecule has 0 aliphatic carbocycles. The number of anilines is 1. The zero-order chi connectivity index (χ0) is 11.7. The van der Waals surface area contributed by atoms with Crippen molar-refractivity contribution < 1.29 is 9.90 Å². The Kier molecular flexibility index (Phi) is 3.40. The van der Waals surface area contributed by atoms with Crippen molar-refractivity contribution in [3.63, 3.8) is 0 Å². The van der Waals surface area contributed by atoms with Gasteiger partial charge in [-0.15, -0.1) is 0 Å². The van der Waals surface area contributed by atoms with Crippen molar-refractivity contribution in [3.05, 3.63) is 23.8 Å². The Hall–Kier alpha value is -0.740. The number of hydrogen-bond acceptors (Lipinski definition) is 2. The van der Waals surface area contributed by atoms with Gasteiger partial charge in [0.25, 0.3) is 5.91 Å². The Morgan fingerprint density at radius 1 is 1.56 bits per heavy atom. The zero-order valence-corrected chi connectivity index (χ0v) is 10.8. The molecule has 1 aromatic carbocycles. The van der Waals surface area contributed by atoms with Crippen LogP contribution < -0.4 is 4.90 Å². The number of nitrogens with zero attached hydrogens (tertiary/aromatic N) is 1. The quantitative estimate of drug-likeness (QED) is 0.810. The van der Waals surface area contributed by atoms with E-state index in [2.05, 4.69) is 15.9 Å². The van der Waals surface area contributed by atoms with Crippen LogP contribution in [0.4, 0.5) is 5.69 Å². The molecule has 1 atom stereocenters. The SMILES string of the molecule is O=C(C(Cl)Br)N1CCCc2cc(O)ccc21. The monoisotopic (exact) mass is 303 g/mol. The summed E-state index contributed by atoms with van der Waals surface area (Å²) in [5, 5.41) is 9.38. The van der Waals surface area contributed by atoms with E-state index >= 15 is 0 Å². The Bertz CT molecular complexity index is 422. The molecule has 0 radical (unpaired) electrons. The van der Waals surface area contributed by atoms with Gasteiger partial charge < -0.3 is 10.0 Å². The van der Waals surface area contributed by atoms with Crippen LogP contribution in [0, 0.1) is 0 Å². The number of aryl methyl sites for hydroxylation is 1. The summed E-state index contributed by atoms with van der Waals surface area (Å²) >= 11 is 8.80. The number of alkyl halides is 2. The second kappa shape index (κ2) is 4.63. The summed E-state index contributed by atoms with van der Waals surface area (Å²) in [6.07, 6.45) is 1.77. The van der Waals surface area contributed by atoms with Gasteiger partial charge in [-0.1, -0.05) is 27.5 Å². The number of amides is 1. The third-order valence-corrected chi connectivity index (χ3v) is 3.21. The molecule has 1 amide bonds. The summed E-state index contributed by atoms with van der Waals surface area (Å²) in [6.45, 7) is 0.672. The second-order valence-corrected chi connectivity index (χ2v) is 5.59. The fourth-order valence-electron chi connectivity index (χ4n) is 1.93. The van der Waals surface area contributed by atoms with E-state index in [9.17, 15) is 9.90 Å². The minimum Gasteiger partial charge on any atom is -0.508 e. The van der Waals surface area contributed by atoms with E-state index in [0.29, 0.717) is 6.54 Å². The van der Waals surface area contributed by atoms with Crippen LogP contribution >= 0.6 is 27.5 Å². The van der Waals surface area contributed by atoms with Gasteiger partial charge >= 0.3 is 0 Å². The predicted molar refractivity (Wildman–Crippen MR) is 67.3 cm³/mol. The number of benzene rings is 1. The third-order valence-electron chi connectivity index (χ3n) is 2.63. The molecular weight excluding hydrogens is 293 g/mol. The summed E-state index contributed by atoms with van der Waals surface area (Å²) in [4.78, 5) is 13.5. The molecule has 0 fully saturated rings. The topological polar surface area (TPSA) is 40.5 Å². The summed E-state index contributed by atoms with van der Waals surface area (Å²) < 4.78 is -0.702. The maximum absolute atomic E-state index is 11.8. The Labute approximate surface area is 107 Å². The van der Waals surface area contributed by atoms with Crippen molar-refractivity contribution in [2.45, 2.75) is 17.1 Å². The van der Waals surface area contributed by atoms with Crippen LogP contribution in [0.15, 0.2) is 18.2 Å². The van der Waals surface area contributed by atoms with E-state index in [-0.39, 0.29) is 11.7 Å². The minimum atomic E-state index is -0.702. The molecule has 2 rings (SSSR count). The first-order chi connectivity index (χ1) is 7.59. The number of rotatable bonds is 1. The van der Waals surface area contributed by atoms with Crippen LogP contribution in [-0.2, 0) is 11.2 Å². The van der Waals surface area contributed by atoms with Crippen molar-refractivity contribution in [2.75, 3.05) is 11.4 Å². The molecule has 0 saturated heterocycles. The van der Waals surface area contributed by atoms with Gasteiger partial charge in [0.2, 0.25) is 0 Å². The molecule has 1 aliphatic rings. The zero-order valence-electron chi connectivity index (χ0n) is 8.49. The van der Waals surface area contributed by atoms with Crippen LogP contribution in [0.25, 0.3) is 0 Å². The Morgan fingerprint density at radius 2 is 2.31 bits per heavy atom. The van der Waals surface area contributed by atoms with Crippen LogP contribution in [0.2, 0.25) is 0 Å². The van der Waals surface area contributed by atoms with Crippen LogP contribution in [0.3, 0.4) is 0 Å². The van der Waals surface area contributed by atoms with Crippen molar-refractivity contribution in [1.82, 2.24) is 0 Å². The van der Waals surface area contributed by atoms with Crippen LogP contribution in [0.5, 0.6) is 5.75 Å². The lowest BCUT2D eigenvalue weighted by molar-refractivity contribution is -0.116. The molecule has 0 saturated carbocycles. The molecule has 1 heterocycles. The molecule has 1 N–H and O–H groups in total. The van der Waals surface area contributed by atoms with Gasteiger partial charge in [-0.2, -0.15) is 0 Å². The fraction of sp³-hybridized carbons (Fsp3) is 0.364. The first-order valence-corrected chi connectivity index (χ1v) is 6.36. The second-order valence-electron chi connectivity index (χ2n) is 3.71. The van der Waals surface area contributed by atoms with E-state index in [1.807, 2.05) is 0 Å². The average Bonchev–Trinajstić information content (AvgIpc) is 2.26. The first kappa shape index (κ1) is 11.7. The molecule has 1 aliphatic heterocycles. The molecule has 86 valence electrons. The predicted octanol–water partition coefficient (Wildman–Crippen LogP) is 2.63. The van der Waals surface area contributed by atoms with E-state index in [1.165, 1.54) is 0 Å². The van der Waals surface area contributed by atoms with Gasteiger partial charge in [-0.3, -0.25) is 4.79 Å². The van der Waals surface area contributed by atoms with E-state index in [4.69, 9.17) is 11.6 Å². The van der Waals surface area contributed by atoms with Crippen molar-refractivity contribution in [3.8, 4) is 5.75 Å². The number of carbonyl (C=O) groups excluding carboxylic acids is 1. The molecule has 5 heteroatoms. The van der Waals surface area contributed by atoms with Gasteiger partial charge in [0.15, 0.2) is 4.29 Å². The lowest BCUT2D eigenvalue weighted by Crippen LogP contribution is -2.38. The highest BCUT2D eigenvalue weighted by atomic mass is 79.9. The summed E-state index contributed by atoms with van der Waals surface area (Å²) in [5.74, 6) is 0.0719. The normalized spacial score (nSPS) is 16.8. The maximum atomic E-state index is 11.8. The molecule has 1 aromatic rings. The highest BCUT2D eigenvalue weighted by Gasteiger charge is 2.26. The molecule has 16 heavy (non-hydrogen) atoms. The number of hydrogen-bond donors (Lipinski definition) is 1. The van der Waals surface area contributed by atoms with E-state index in [1.54, 1.807) is 23.1 Å². The molecule has 0 spiro atoms. The van der Waals surface area contributed by atoms with Crippen molar-refractivity contribution in [2.24, 2.45) is 0 Å². The van der Waals surface area contributed by atoms with E-state index < -0.39 is 4.29 Å². The van der Waals surface area contributed by atoms with Crippen molar-refractivity contribution >= 4 is 39.1 Å². The Morgan fingerprint density at radius 3 is 3.00 bits per heavy atom. The highest BCUT2D eigenvalue weighted by Crippen LogP contribution is 2.31. The van der Waals surface area contributed by atoms with Crippen molar-refractivity contribution in [1.29, 1.82) is 0 Å². The number of aromatic hydroxyl groups is 1. The van der Waals surface area contributed by atoms with Gasteiger partial charge in [-0.05, 0) is 36.6 Å². The number of carbonyl (C=O) groups is 1. The number of phenolic OH excluding ortho intramolecular Hbond substituents is 1. The minimum absolute atomic E-state index is 0.159. The van der Waals surface area contributed by atoms with Gasteiger partial charge in [0.05, 0.1) is 0 Å². The largest absolute Gasteiger partial charge is 0.508 e. The lowest BCUT2D eigenvalue weighted by Gasteiger charge is -2.30. The van der Waals surface area contributed by atoms with Gasteiger partial charge in [0, 0.05) is 12.2 Å². The fourth-order valence-corrected chi connectivity index (χ4v) is 2.30. The molecule has 3 nitrogen and oxygen atoms in total. The maximum Gasteiger partial charge on any atom is 0.255 e. The molecule has 0 bridgehead atoms. The summed E-state index contributed by atoms with van der Waals surface area (Å²) in [7, 11) is 0. The number of halogens is 2. The summed E-state index contributed by atoms with van der Waals surface area (Å²) in [5.41, 5.74) is 1.84. The van der Waals surface area contributed by atoms with Crippen LogP contribution in [0.1, 0.15) is 12.0 Å². The summed E-state index contributed by atoms with van der Waals surface area (Å²) in [6, 6.07) is 5.04. The van der Waals surface area contributed by atoms with Gasteiger partial charge in [0.1, 0.15) is 5.75 Å². The first-order valence-electron chi connectivity index (χ1n) is 5.01. The highest BCUT2D eigenvalue weighted by molar-refractivity contribution is 9.10. The average molecular weight is 305 g/mol. The van der Waals surface area contributed by atoms with Gasteiger partial charge in [-0.25, -0.2) is 0 Å². The Balaban J connectivity index is 2.37. The molecule has 1 unspecified atom stereocenters. The third kappa shape index (κ3) is 2.18. The van der Waals surface area contributed by atoms with Crippen LogP contribution in [-0.4, -0.2) is 21.8 Å². The standard InChI is InChI=1S/C11H11BrClNO2/c12-10(13)11(16)14-5-1-2-7-6-8(15)3-4-9(7)14/h3-4,6,10,15H,1-2,5H2. The van der Waals surface area contributed by atoms with E-state index in [0.717, 1.165) is 24.1 Å².